The number of aromatic nitrogens is 2. The Hall–Kier alpha value is -1.81. The summed E-state index contributed by atoms with van der Waals surface area (Å²) < 4.78 is 5.50. The van der Waals surface area contributed by atoms with Gasteiger partial charge >= 0.3 is 0 Å². The van der Waals surface area contributed by atoms with Crippen LogP contribution in [0.1, 0.15) is 6.92 Å². The molecule has 0 aliphatic rings. The van der Waals surface area contributed by atoms with Crippen molar-refractivity contribution in [3.05, 3.63) is 41.6 Å². The molecule has 0 atom stereocenters. The van der Waals surface area contributed by atoms with Gasteiger partial charge in [0.2, 0.25) is 0 Å². The molecule has 5 heteroatoms. The van der Waals surface area contributed by atoms with Gasteiger partial charge in [0.25, 0.3) is 0 Å². The summed E-state index contributed by atoms with van der Waals surface area (Å²) in [5.41, 5.74) is 0.853. The van der Waals surface area contributed by atoms with Gasteiger partial charge in [-0.2, -0.15) is 0 Å². The molecule has 0 spiro atoms. The first-order chi connectivity index (χ1) is 8.29. The Morgan fingerprint density at radius 1 is 1.18 bits per heavy atom. The summed E-state index contributed by atoms with van der Waals surface area (Å²) in [4.78, 5) is 0. The fourth-order valence-electron chi connectivity index (χ4n) is 1.37. The number of anilines is 2. The number of rotatable bonds is 4. The molecule has 1 heterocycles. The smallest absolute Gasteiger partial charge is 0.153 e. The summed E-state index contributed by atoms with van der Waals surface area (Å²) in [5, 5.41) is 11.2. The molecule has 0 amide bonds. The van der Waals surface area contributed by atoms with E-state index in [0.717, 1.165) is 11.4 Å². The first-order valence-corrected chi connectivity index (χ1v) is 5.65. The Morgan fingerprint density at radius 3 is 2.71 bits per heavy atom. The van der Waals surface area contributed by atoms with Gasteiger partial charge < -0.3 is 10.1 Å². The van der Waals surface area contributed by atoms with Crippen molar-refractivity contribution in [2.24, 2.45) is 0 Å². The van der Waals surface area contributed by atoms with E-state index in [-0.39, 0.29) is 0 Å². The van der Waals surface area contributed by atoms with Gasteiger partial charge in [-0.3, -0.25) is 0 Å². The highest BCUT2D eigenvalue weighted by Crippen LogP contribution is 2.26. The molecular weight excluding hydrogens is 238 g/mol. The van der Waals surface area contributed by atoms with Gasteiger partial charge in [-0.05, 0) is 31.2 Å². The predicted molar refractivity (Wildman–Crippen MR) is 67.9 cm³/mol. The monoisotopic (exact) mass is 249 g/mol. The van der Waals surface area contributed by atoms with E-state index in [4.69, 9.17) is 16.3 Å². The second-order valence-corrected chi connectivity index (χ2v) is 3.68. The van der Waals surface area contributed by atoms with Crippen molar-refractivity contribution < 1.29 is 4.74 Å². The number of nitrogens with one attached hydrogen (secondary N) is 1. The molecule has 1 N–H and O–H groups in total. The van der Waals surface area contributed by atoms with Crippen LogP contribution in [-0.4, -0.2) is 16.8 Å². The summed E-state index contributed by atoms with van der Waals surface area (Å²) in [6.45, 7) is 2.56. The highest BCUT2D eigenvalue weighted by atomic mass is 35.5. The van der Waals surface area contributed by atoms with E-state index in [9.17, 15) is 0 Å². The zero-order valence-corrected chi connectivity index (χ0v) is 10.1. The molecule has 88 valence electrons. The van der Waals surface area contributed by atoms with Crippen LogP contribution in [0.5, 0.6) is 5.75 Å². The summed E-state index contributed by atoms with van der Waals surface area (Å²) in [5.74, 6) is 1.41. The average Bonchev–Trinajstić information content (AvgIpc) is 2.35. The molecule has 2 rings (SSSR count). The van der Waals surface area contributed by atoms with Crippen LogP contribution >= 0.6 is 11.6 Å². The molecule has 1 aromatic carbocycles. The van der Waals surface area contributed by atoms with Crippen molar-refractivity contribution in [1.29, 1.82) is 0 Å². The summed E-state index contributed by atoms with van der Waals surface area (Å²) in [6, 6.07) is 11.1. The zero-order valence-electron chi connectivity index (χ0n) is 9.35. The van der Waals surface area contributed by atoms with Gasteiger partial charge in [-0.25, -0.2) is 0 Å². The molecule has 0 bridgehead atoms. The van der Waals surface area contributed by atoms with Crippen LogP contribution in [0.3, 0.4) is 0 Å². The lowest BCUT2D eigenvalue weighted by Gasteiger charge is -2.10. The quantitative estimate of drug-likeness (QED) is 0.903. The maximum absolute atomic E-state index is 5.67. The maximum atomic E-state index is 5.67. The lowest BCUT2D eigenvalue weighted by atomic mass is 10.3. The van der Waals surface area contributed by atoms with Gasteiger partial charge in [0, 0.05) is 0 Å². The van der Waals surface area contributed by atoms with Crippen LogP contribution in [0.15, 0.2) is 36.4 Å². The standard InChI is InChI=1S/C12H12ClN3O/c1-2-17-10-6-4-3-5-9(10)14-12-8-7-11(13)15-16-12/h3-8H,2H2,1H3,(H,14,16). The predicted octanol–water partition coefficient (Wildman–Crippen LogP) is 3.27. The van der Waals surface area contributed by atoms with Gasteiger partial charge in [0.15, 0.2) is 11.0 Å². The number of halogens is 1. The van der Waals surface area contributed by atoms with Gasteiger partial charge in [-0.1, -0.05) is 23.7 Å². The first-order valence-electron chi connectivity index (χ1n) is 5.27. The van der Waals surface area contributed by atoms with Crippen molar-refractivity contribution in [2.75, 3.05) is 11.9 Å². The highest BCUT2D eigenvalue weighted by Gasteiger charge is 2.03. The first kappa shape index (κ1) is 11.7. The van der Waals surface area contributed by atoms with Crippen molar-refractivity contribution in [1.82, 2.24) is 10.2 Å². The Balaban J connectivity index is 2.20. The topological polar surface area (TPSA) is 47.0 Å². The number of benzene rings is 1. The summed E-state index contributed by atoms with van der Waals surface area (Å²) in [6.07, 6.45) is 0. The molecular formula is C12H12ClN3O. The van der Waals surface area contributed by atoms with Gasteiger partial charge in [-0.15, -0.1) is 10.2 Å². The lowest BCUT2D eigenvalue weighted by Crippen LogP contribution is -1.99. The Kier molecular flexibility index (Phi) is 3.77. The number of hydrogen-bond acceptors (Lipinski definition) is 4. The molecule has 0 aliphatic carbocycles. The molecule has 0 fully saturated rings. The summed E-state index contributed by atoms with van der Waals surface area (Å²) in [7, 11) is 0. The van der Waals surface area contributed by atoms with Crippen LogP contribution in [0.4, 0.5) is 11.5 Å². The van der Waals surface area contributed by atoms with E-state index >= 15 is 0 Å². The molecule has 0 saturated heterocycles. The fourth-order valence-corrected chi connectivity index (χ4v) is 1.47. The second kappa shape index (κ2) is 5.50. The average molecular weight is 250 g/mol. The fraction of sp³-hybridized carbons (Fsp3) is 0.167. The highest BCUT2D eigenvalue weighted by molar-refractivity contribution is 6.29. The molecule has 4 nitrogen and oxygen atoms in total. The van der Waals surface area contributed by atoms with Crippen LogP contribution in [0.25, 0.3) is 0 Å². The molecule has 0 unspecified atom stereocenters. The lowest BCUT2D eigenvalue weighted by molar-refractivity contribution is 0.342. The van der Waals surface area contributed by atoms with E-state index in [1.165, 1.54) is 0 Å². The zero-order chi connectivity index (χ0) is 12.1. The van der Waals surface area contributed by atoms with Crippen molar-refractivity contribution in [2.45, 2.75) is 6.92 Å². The Morgan fingerprint density at radius 2 is 2.00 bits per heavy atom. The minimum atomic E-state index is 0.369. The Bertz CT molecular complexity index is 487. The van der Waals surface area contributed by atoms with Gasteiger partial charge in [0.1, 0.15) is 5.75 Å². The minimum absolute atomic E-state index is 0.369. The van der Waals surface area contributed by atoms with Crippen molar-refractivity contribution in [3.8, 4) is 5.75 Å². The number of ether oxygens (including phenoxy) is 1. The van der Waals surface area contributed by atoms with Crippen LogP contribution in [0.2, 0.25) is 5.15 Å². The number of para-hydroxylation sites is 2. The van der Waals surface area contributed by atoms with E-state index in [0.29, 0.717) is 17.6 Å². The van der Waals surface area contributed by atoms with Gasteiger partial charge in [0.05, 0.1) is 12.3 Å². The third-order valence-electron chi connectivity index (χ3n) is 2.08. The third-order valence-corrected chi connectivity index (χ3v) is 2.28. The minimum Gasteiger partial charge on any atom is -0.492 e. The van der Waals surface area contributed by atoms with E-state index < -0.39 is 0 Å². The summed E-state index contributed by atoms with van der Waals surface area (Å²) >= 11 is 5.67. The van der Waals surface area contributed by atoms with Crippen LogP contribution in [0, 0.1) is 0 Å². The van der Waals surface area contributed by atoms with Crippen molar-refractivity contribution in [3.63, 3.8) is 0 Å². The van der Waals surface area contributed by atoms with E-state index in [1.807, 2.05) is 31.2 Å². The second-order valence-electron chi connectivity index (χ2n) is 3.30. The maximum Gasteiger partial charge on any atom is 0.153 e. The molecule has 0 aliphatic heterocycles. The SMILES string of the molecule is CCOc1ccccc1Nc1ccc(Cl)nn1. The molecule has 2 aromatic rings. The normalized spacial score (nSPS) is 10.0. The molecule has 17 heavy (non-hydrogen) atoms. The third kappa shape index (κ3) is 3.07. The largest absolute Gasteiger partial charge is 0.492 e. The molecule has 0 saturated carbocycles. The van der Waals surface area contributed by atoms with Crippen molar-refractivity contribution >= 4 is 23.1 Å². The molecule has 1 aromatic heterocycles. The van der Waals surface area contributed by atoms with E-state index in [2.05, 4.69) is 15.5 Å². The van der Waals surface area contributed by atoms with Crippen LogP contribution < -0.4 is 10.1 Å². The molecule has 0 radical (unpaired) electrons. The number of nitrogens with zero attached hydrogens (tertiary/aromatic N) is 2. The Labute approximate surface area is 105 Å². The van der Waals surface area contributed by atoms with E-state index in [1.54, 1.807) is 12.1 Å². The van der Waals surface area contributed by atoms with Crippen LogP contribution in [-0.2, 0) is 0 Å². The number of hydrogen-bond donors (Lipinski definition) is 1.